The Morgan fingerprint density at radius 2 is 2.19 bits per heavy atom. The Labute approximate surface area is 151 Å². The number of halogens is 1. The molecule has 0 spiro atoms. The number of benzene rings is 2. The number of aromatic nitrogens is 1. The summed E-state index contributed by atoms with van der Waals surface area (Å²) < 4.78 is 20.6. The van der Waals surface area contributed by atoms with Crippen LogP contribution >= 0.6 is 11.3 Å². The van der Waals surface area contributed by atoms with Gasteiger partial charge in [-0.15, -0.1) is 4.68 Å². The molecule has 134 valence electrons. The number of nitrogens with one attached hydrogen (secondary N) is 2. The van der Waals surface area contributed by atoms with Gasteiger partial charge in [0.15, 0.2) is 17.4 Å². The Bertz CT molecular complexity index is 974. The smallest absolute Gasteiger partial charge is 0.278 e. The molecular formula is C16H16FN6O2S+. The van der Waals surface area contributed by atoms with Crippen LogP contribution in [0.1, 0.15) is 0 Å². The number of ether oxygens (including phenoxy) is 1. The summed E-state index contributed by atoms with van der Waals surface area (Å²) in [5.74, 6) is 10.7. The summed E-state index contributed by atoms with van der Waals surface area (Å²) in [7, 11) is 0. The van der Waals surface area contributed by atoms with Crippen molar-refractivity contribution in [1.82, 2.24) is 10.4 Å². The summed E-state index contributed by atoms with van der Waals surface area (Å²) in [5, 5.41) is 3.01. The molecule has 1 aromatic heterocycles. The van der Waals surface area contributed by atoms with Crippen LogP contribution in [0.4, 0.5) is 15.2 Å². The summed E-state index contributed by atoms with van der Waals surface area (Å²) in [6.07, 6.45) is 1.36. The lowest BCUT2D eigenvalue weighted by molar-refractivity contribution is -0.449. The summed E-state index contributed by atoms with van der Waals surface area (Å²) in [6, 6.07) is 11.1. The topological polar surface area (TPSA) is 118 Å². The zero-order chi connectivity index (χ0) is 18.5. The minimum atomic E-state index is -0.380. The van der Waals surface area contributed by atoms with E-state index in [9.17, 15) is 9.18 Å². The van der Waals surface area contributed by atoms with Gasteiger partial charge in [-0.05, 0) is 30.3 Å². The van der Waals surface area contributed by atoms with Gasteiger partial charge in [0.2, 0.25) is 0 Å². The lowest BCUT2D eigenvalue weighted by atomic mass is 10.3. The standard InChI is InChI=1S/C16H15FN6O2S/c17-10-4-5-13-14(6-10)26-16(21-13)22-15(24)8-25-12-3-1-2-11(7-12)23(19)9-20-18/h1-7,9H,8,18-19H2,(H,21,22,24)/p+1. The van der Waals surface area contributed by atoms with Crippen molar-refractivity contribution >= 4 is 44.6 Å². The number of hydrogen-bond donors (Lipinski definition) is 4. The monoisotopic (exact) mass is 375 g/mol. The Morgan fingerprint density at radius 3 is 3.00 bits per heavy atom. The van der Waals surface area contributed by atoms with E-state index in [0.29, 0.717) is 26.8 Å². The number of nitrogens with two attached hydrogens (primary N) is 2. The van der Waals surface area contributed by atoms with Gasteiger partial charge in [0.05, 0.1) is 10.2 Å². The summed E-state index contributed by atoms with van der Waals surface area (Å²) in [5.41, 5.74) is 3.56. The van der Waals surface area contributed by atoms with Crippen LogP contribution in [-0.2, 0) is 4.79 Å². The van der Waals surface area contributed by atoms with Crippen molar-refractivity contribution in [2.24, 2.45) is 11.7 Å². The highest BCUT2D eigenvalue weighted by atomic mass is 32.1. The molecule has 1 heterocycles. The van der Waals surface area contributed by atoms with Crippen LogP contribution in [0.5, 0.6) is 5.75 Å². The highest BCUT2D eigenvalue weighted by Crippen LogP contribution is 2.26. The molecule has 10 heteroatoms. The molecule has 0 atom stereocenters. The maximum atomic E-state index is 13.2. The van der Waals surface area contributed by atoms with Gasteiger partial charge in [0, 0.05) is 6.07 Å². The lowest BCUT2D eigenvalue weighted by Crippen LogP contribution is -2.29. The van der Waals surface area contributed by atoms with E-state index in [1.54, 1.807) is 30.3 Å². The maximum absolute atomic E-state index is 13.2. The van der Waals surface area contributed by atoms with Crippen LogP contribution in [-0.4, -0.2) is 28.5 Å². The second kappa shape index (κ2) is 7.76. The number of carbonyl (C=O) groups excluding carboxylic acids is 1. The van der Waals surface area contributed by atoms with Gasteiger partial charge >= 0.3 is 0 Å². The van der Waals surface area contributed by atoms with E-state index in [1.165, 1.54) is 34.5 Å². The van der Waals surface area contributed by atoms with Crippen molar-refractivity contribution in [3.8, 4) is 5.75 Å². The van der Waals surface area contributed by atoms with Gasteiger partial charge in [-0.25, -0.2) is 14.8 Å². The molecule has 0 bridgehead atoms. The van der Waals surface area contributed by atoms with Gasteiger partial charge in [-0.3, -0.25) is 16.0 Å². The second-order valence-corrected chi connectivity index (χ2v) is 6.20. The first kappa shape index (κ1) is 17.6. The van der Waals surface area contributed by atoms with Gasteiger partial charge in [0.25, 0.3) is 12.2 Å². The highest BCUT2D eigenvalue weighted by Gasteiger charge is 2.10. The number of hydrazine groups is 2. The number of carbonyl (C=O) groups is 1. The van der Waals surface area contributed by atoms with Gasteiger partial charge < -0.3 is 4.74 Å². The first-order valence-electron chi connectivity index (χ1n) is 7.47. The van der Waals surface area contributed by atoms with Crippen LogP contribution in [0.3, 0.4) is 0 Å². The number of rotatable bonds is 6. The van der Waals surface area contributed by atoms with Crippen molar-refractivity contribution < 1.29 is 18.6 Å². The van der Waals surface area contributed by atoms with Gasteiger partial charge in [-0.1, -0.05) is 17.4 Å². The summed E-state index contributed by atoms with van der Waals surface area (Å²) >= 11 is 1.19. The average molecular weight is 375 g/mol. The highest BCUT2D eigenvalue weighted by molar-refractivity contribution is 7.22. The normalized spacial score (nSPS) is 11.4. The average Bonchev–Trinajstić information content (AvgIpc) is 3.01. The molecular weight excluding hydrogens is 359 g/mol. The van der Waals surface area contributed by atoms with E-state index in [1.807, 2.05) is 0 Å². The number of fused-ring (bicyclic) bond motifs is 1. The van der Waals surface area contributed by atoms with E-state index in [-0.39, 0.29) is 18.3 Å². The van der Waals surface area contributed by atoms with Crippen molar-refractivity contribution in [1.29, 1.82) is 0 Å². The number of nitrogens with zero attached hydrogens (tertiary/aromatic N) is 2. The molecule has 26 heavy (non-hydrogen) atoms. The zero-order valence-electron chi connectivity index (χ0n) is 13.5. The molecule has 1 amide bonds. The van der Waals surface area contributed by atoms with Gasteiger partial charge in [-0.2, -0.15) is 5.84 Å². The molecule has 6 N–H and O–H groups in total. The fourth-order valence-corrected chi connectivity index (χ4v) is 3.05. The van der Waals surface area contributed by atoms with Crippen LogP contribution in [0.2, 0.25) is 0 Å². The first-order valence-corrected chi connectivity index (χ1v) is 8.29. The minimum Gasteiger partial charge on any atom is -0.484 e. The van der Waals surface area contributed by atoms with E-state index in [4.69, 9.17) is 16.4 Å². The molecule has 0 saturated carbocycles. The summed E-state index contributed by atoms with van der Waals surface area (Å²) in [6.45, 7) is -0.211. The third-order valence-corrected chi connectivity index (χ3v) is 4.23. The molecule has 0 fully saturated rings. The fourth-order valence-electron chi connectivity index (χ4n) is 2.14. The second-order valence-electron chi connectivity index (χ2n) is 5.17. The van der Waals surface area contributed by atoms with Crippen molar-refractivity contribution in [3.05, 3.63) is 48.3 Å². The third-order valence-electron chi connectivity index (χ3n) is 3.30. The van der Waals surface area contributed by atoms with Crippen molar-refractivity contribution in [3.63, 3.8) is 0 Å². The zero-order valence-corrected chi connectivity index (χ0v) is 14.3. The number of thiazole rings is 1. The number of hydrazone groups is 1. The molecule has 2 aromatic carbocycles. The van der Waals surface area contributed by atoms with E-state index in [0.717, 1.165) is 0 Å². The minimum absolute atomic E-state index is 0.211. The van der Waals surface area contributed by atoms with E-state index in [2.05, 4.69) is 15.7 Å². The largest absolute Gasteiger partial charge is 0.484 e. The Kier molecular flexibility index (Phi) is 5.25. The SMILES string of the molecule is NN/C=[N+](\N)c1cccc(OCC(=O)Nc2nc3ccc(F)cc3s2)c1. The van der Waals surface area contributed by atoms with E-state index < -0.39 is 0 Å². The molecule has 0 aliphatic rings. The molecule has 3 aromatic rings. The molecule has 0 saturated heterocycles. The first-order chi connectivity index (χ1) is 12.5. The predicted octanol–water partition coefficient (Wildman–Crippen LogP) is 1.46. The van der Waals surface area contributed by atoms with Crippen molar-refractivity contribution in [2.75, 3.05) is 11.9 Å². The third kappa shape index (κ3) is 4.23. The van der Waals surface area contributed by atoms with Crippen LogP contribution in [0.25, 0.3) is 10.2 Å². The van der Waals surface area contributed by atoms with Crippen LogP contribution in [0, 0.1) is 5.82 Å². The van der Waals surface area contributed by atoms with Crippen molar-refractivity contribution in [2.45, 2.75) is 0 Å². The number of hydrogen-bond acceptors (Lipinski definition) is 6. The molecule has 0 radical (unpaired) electrons. The van der Waals surface area contributed by atoms with Gasteiger partial charge in [0.1, 0.15) is 11.6 Å². The summed E-state index contributed by atoms with van der Waals surface area (Å²) in [4.78, 5) is 16.3. The molecule has 0 aliphatic carbocycles. The fraction of sp³-hybridized carbons (Fsp3) is 0.0625. The van der Waals surface area contributed by atoms with Crippen LogP contribution < -0.4 is 27.2 Å². The molecule has 0 unspecified atom stereocenters. The Balaban J connectivity index is 1.61. The lowest BCUT2D eigenvalue weighted by Gasteiger charge is -2.07. The molecule has 3 rings (SSSR count). The number of amides is 1. The molecule has 0 aliphatic heterocycles. The Hall–Kier alpha value is -3.24. The van der Waals surface area contributed by atoms with Crippen LogP contribution in [0.15, 0.2) is 42.5 Å². The van der Waals surface area contributed by atoms with E-state index >= 15 is 0 Å². The Morgan fingerprint density at radius 1 is 1.35 bits per heavy atom. The quantitative estimate of drug-likeness (QED) is 0.170. The number of anilines is 1. The predicted molar refractivity (Wildman–Crippen MR) is 97.6 cm³/mol. The molecule has 8 nitrogen and oxygen atoms in total. The maximum Gasteiger partial charge on any atom is 0.278 e.